The Morgan fingerprint density at radius 1 is 1.40 bits per heavy atom. The predicted molar refractivity (Wildman–Crippen MR) is 79.9 cm³/mol. The van der Waals surface area contributed by atoms with Crippen molar-refractivity contribution in [1.29, 1.82) is 0 Å². The van der Waals surface area contributed by atoms with Gasteiger partial charge in [0.1, 0.15) is 5.82 Å². The van der Waals surface area contributed by atoms with Crippen molar-refractivity contribution in [1.82, 2.24) is 5.32 Å². The molecule has 1 aromatic rings. The van der Waals surface area contributed by atoms with Crippen LogP contribution in [0, 0.1) is 17.2 Å². The van der Waals surface area contributed by atoms with Gasteiger partial charge in [0.15, 0.2) is 9.84 Å². The molecule has 2 saturated heterocycles. The van der Waals surface area contributed by atoms with Gasteiger partial charge < -0.3 is 5.32 Å². The molecule has 1 atom stereocenters. The highest BCUT2D eigenvalue weighted by Gasteiger charge is 2.48. The first-order valence-corrected chi connectivity index (χ1v) is 9.37. The Morgan fingerprint density at radius 2 is 2.15 bits per heavy atom. The smallest absolute Gasteiger partial charge is 0.150 e. The number of rotatable bonds is 3. The number of hydrogen-bond acceptors (Lipinski definition) is 3. The summed E-state index contributed by atoms with van der Waals surface area (Å²) < 4.78 is 38.2. The summed E-state index contributed by atoms with van der Waals surface area (Å²) in [5, 5.41) is 3.23. The molecule has 1 unspecified atom stereocenters. The molecule has 0 aromatic heterocycles. The van der Waals surface area contributed by atoms with E-state index in [1.807, 2.05) is 0 Å². The van der Waals surface area contributed by atoms with Crippen LogP contribution in [0.5, 0.6) is 0 Å². The highest BCUT2D eigenvalue weighted by molar-refractivity contribution is 9.10. The Bertz CT molecular complexity index is 628. The topological polar surface area (TPSA) is 46.2 Å². The van der Waals surface area contributed by atoms with Gasteiger partial charge in [-0.05, 0) is 42.5 Å². The second-order valence-corrected chi connectivity index (χ2v) is 9.12. The van der Waals surface area contributed by atoms with Gasteiger partial charge in [0.05, 0.1) is 11.5 Å². The fourth-order valence-electron chi connectivity index (χ4n) is 3.34. The lowest BCUT2D eigenvalue weighted by Gasteiger charge is -2.47. The summed E-state index contributed by atoms with van der Waals surface area (Å²) in [6, 6.07) is 4.95. The van der Waals surface area contributed by atoms with Crippen LogP contribution >= 0.6 is 15.9 Å². The number of sulfone groups is 1. The number of hydrogen-bond donors (Lipinski definition) is 1. The Kier molecular flexibility index (Phi) is 3.67. The van der Waals surface area contributed by atoms with E-state index in [4.69, 9.17) is 0 Å². The van der Waals surface area contributed by atoms with Gasteiger partial charge in [-0.2, -0.15) is 0 Å². The Hall–Kier alpha value is -0.460. The summed E-state index contributed by atoms with van der Waals surface area (Å²) >= 11 is 3.37. The van der Waals surface area contributed by atoms with E-state index in [0.29, 0.717) is 18.4 Å². The summed E-state index contributed by atoms with van der Waals surface area (Å²) in [6.07, 6.45) is 1.31. The minimum absolute atomic E-state index is 0.106. The molecule has 0 amide bonds. The van der Waals surface area contributed by atoms with Crippen molar-refractivity contribution < 1.29 is 12.8 Å². The van der Waals surface area contributed by atoms with Gasteiger partial charge in [-0.25, -0.2) is 12.8 Å². The lowest BCUT2D eigenvalue weighted by Crippen LogP contribution is -2.59. The predicted octanol–water partition coefficient (Wildman–Crippen LogP) is 2.16. The monoisotopic (exact) mass is 361 g/mol. The van der Waals surface area contributed by atoms with Crippen LogP contribution in [0.25, 0.3) is 0 Å². The molecule has 1 N–H and O–H groups in total. The minimum atomic E-state index is -2.90. The van der Waals surface area contributed by atoms with Gasteiger partial charge >= 0.3 is 0 Å². The normalized spacial score (nSPS) is 27.2. The second-order valence-electron chi connectivity index (χ2n) is 5.98. The summed E-state index contributed by atoms with van der Waals surface area (Å²) in [5.74, 6) is 0.470. The van der Waals surface area contributed by atoms with E-state index in [9.17, 15) is 12.8 Å². The molecule has 0 aliphatic carbocycles. The molecule has 0 spiro atoms. The molecule has 0 bridgehead atoms. The summed E-state index contributed by atoms with van der Waals surface area (Å²) in [5.41, 5.74) is 0.566. The van der Waals surface area contributed by atoms with E-state index in [1.54, 1.807) is 12.1 Å². The van der Waals surface area contributed by atoms with Crippen LogP contribution in [-0.2, 0) is 16.3 Å². The molecule has 0 radical (unpaired) electrons. The SMILES string of the molecule is O=S1(=O)CCC(C2(Cc3cc(Br)ccc3F)CNC2)C1. The largest absolute Gasteiger partial charge is 0.315 e. The van der Waals surface area contributed by atoms with E-state index in [0.717, 1.165) is 17.6 Å². The third-order valence-electron chi connectivity index (χ3n) is 4.60. The standard InChI is InChI=1S/C14H17BrFNO2S/c15-12-1-2-13(16)10(5-12)6-14(8-17-9-14)11-3-4-20(18,19)7-11/h1-2,5,11,17H,3-4,6-9H2. The molecule has 2 aliphatic rings. The molecular formula is C14H17BrFNO2S. The molecule has 2 aliphatic heterocycles. The lowest BCUT2D eigenvalue weighted by atomic mass is 9.66. The maximum absolute atomic E-state index is 13.9. The van der Waals surface area contributed by atoms with Crippen LogP contribution in [0.3, 0.4) is 0 Å². The summed E-state index contributed by atoms with van der Waals surface area (Å²) in [4.78, 5) is 0. The van der Waals surface area contributed by atoms with Gasteiger partial charge in [-0.15, -0.1) is 0 Å². The average molecular weight is 362 g/mol. The first-order chi connectivity index (χ1) is 9.40. The number of benzene rings is 1. The molecule has 3 rings (SSSR count). The zero-order chi connectivity index (χ0) is 14.4. The number of nitrogens with one attached hydrogen (secondary N) is 1. The molecule has 0 saturated carbocycles. The van der Waals surface area contributed by atoms with E-state index in [-0.39, 0.29) is 28.7 Å². The maximum Gasteiger partial charge on any atom is 0.150 e. The van der Waals surface area contributed by atoms with Crippen molar-refractivity contribution in [3.63, 3.8) is 0 Å². The Labute approximate surface area is 127 Å². The zero-order valence-electron chi connectivity index (χ0n) is 11.0. The van der Waals surface area contributed by atoms with E-state index in [1.165, 1.54) is 6.07 Å². The summed E-state index contributed by atoms with van der Waals surface area (Å²) in [7, 11) is -2.90. The van der Waals surface area contributed by atoms with Crippen molar-refractivity contribution in [3.8, 4) is 0 Å². The summed E-state index contributed by atoms with van der Waals surface area (Å²) in [6.45, 7) is 1.55. The van der Waals surface area contributed by atoms with E-state index >= 15 is 0 Å². The van der Waals surface area contributed by atoms with Crippen molar-refractivity contribution >= 4 is 25.8 Å². The molecular weight excluding hydrogens is 345 g/mol. The van der Waals surface area contributed by atoms with Crippen LogP contribution in [0.1, 0.15) is 12.0 Å². The fourth-order valence-corrected chi connectivity index (χ4v) is 5.69. The van der Waals surface area contributed by atoms with Gasteiger partial charge in [0.25, 0.3) is 0 Å². The van der Waals surface area contributed by atoms with Crippen molar-refractivity contribution in [2.24, 2.45) is 11.3 Å². The van der Waals surface area contributed by atoms with E-state index < -0.39 is 9.84 Å². The molecule has 2 fully saturated rings. The minimum Gasteiger partial charge on any atom is -0.315 e. The zero-order valence-corrected chi connectivity index (χ0v) is 13.4. The van der Waals surface area contributed by atoms with Crippen molar-refractivity contribution in [3.05, 3.63) is 34.1 Å². The van der Waals surface area contributed by atoms with Gasteiger partial charge in [-0.3, -0.25) is 0 Å². The number of halogens is 2. The molecule has 3 nitrogen and oxygen atoms in total. The molecule has 6 heteroatoms. The van der Waals surface area contributed by atoms with Crippen LogP contribution in [0.2, 0.25) is 0 Å². The molecule has 110 valence electrons. The first kappa shape index (κ1) is 14.5. The second kappa shape index (κ2) is 5.07. The van der Waals surface area contributed by atoms with Crippen LogP contribution < -0.4 is 5.32 Å². The van der Waals surface area contributed by atoms with Gasteiger partial charge in [0.2, 0.25) is 0 Å². The fraction of sp³-hybridized carbons (Fsp3) is 0.571. The third kappa shape index (κ3) is 2.65. The average Bonchev–Trinajstić information content (AvgIpc) is 2.69. The quantitative estimate of drug-likeness (QED) is 0.897. The molecule has 20 heavy (non-hydrogen) atoms. The molecule has 2 heterocycles. The third-order valence-corrected chi connectivity index (χ3v) is 6.86. The van der Waals surface area contributed by atoms with Crippen LogP contribution in [0.4, 0.5) is 4.39 Å². The highest BCUT2D eigenvalue weighted by Crippen LogP contribution is 2.42. The lowest BCUT2D eigenvalue weighted by molar-refractivity contribution is 0.0913. The maximum atomic E-state index is 13.9. The Morgan fingerprint density at radius 3 is 2.70 bits per heavy atom. The highest BCUT2D eigenvalue weighted by atomic mass is 79.9. The van der Waals surface area contributed by atoms with Crippen molar-refractivity contribution in [2.45, 2.75) is 12.8 Å². The van der Waals surface area contributed by atoms with Crippen molar-refractivity contribution in [2.75, 3.05) is 24.6 Å². The van der Waals surface area contributed by atoms with Crippen LogP contribution in [-0.4, -0.2) is 33.0 Å². The van der Waals surface area contributed by atoms with Crippen LogP contribution in [0.15, 0.2) is 22.7 Å². The van der Waals surface area contributed by atoms with Gasteiger partial charge in [-0.1, -0.05) is 15.9 Å². The van der Waals surface area contributed by atoms with E-state index in [2.05, 4.69) is 21.2 Å². The molecule has 1 aromatic carbocycles. The van der Waals surface area contributed by atoms with Gasteiger partial charge in [0, 0.05) is 23.0 Å². The Balaban J connectivity index is 1.85. The first-order valence-electron chi connectivity index (χ1n) is 6.75.